The van der Waals surface area contributed by atoms with Crippen LogP contribution in [-0.2, 0) is 51.6 Å². The Morgan fingerprint density at radius 3 is 1.56 bits per heavy atom. The van der Waals surface area contributed by atoms with Gasteiger partial charge >= 0.3 is 0 Å². The molecule has 0 unspecified atom stereocenters. The molecular formula is C54H76N10O8S. The third-order valence-corrected chi connectivity index (χ3v) is 16.7. The van der Waals surface area contributed by atoms with E-state index in [1.54, 1.807) is 46.1 Å². The zero-order valence-corrected chi connectivity index (χ0v) is 43.6. The molecule has 396 valence electrons. The van der Waals surface area contributed by atoms with Gasteiger partial charge in [0.05, 0.1) is 29.1 Å². The highest BCUT2D eigenvalue weighted by molar-refractivity contribution is 7.89. The van der Waals surface area contributed by atoms with Crippen LogP contribution < -0.4 is 42.4 Å². The average molecular weight is 1030 g/mol. The van der Waals surface area contributed by atoms with Crippen LogP contribution in [0, 0.1) is 0 Å². The first-order valence-corrected chi connectivity index (χ1v) is 27.7. The molecule has 19 heteroatoms. The number of carbonyl (C=O) groups excluding carboxylic acids is 6. The van der Waals surface area contributed by atoms with Crippen LogP contribution in [0.5, 0.6) is 0 Å². The van der Waals surface area contributed by atoms with E-state index in [0.29, 0.717) is 38.5 Å². The number of nitrogens with one attached hydrogen (secondary N) is 7. The molecule has 2 heterocycles. The van der Waals surface area contributed by atoms with Crippen LogP contribution in [0.4, 0.5) is 0 Å². The second kappa shape index (κ2) is 25.5. The van der Waals surface area contributed by atoms with Gasteiger partial charge in [0, 0.05) is 25.2 Å². The SMILES string of the molecule is CN[C@@H](C)C(=O)N[C@@H](CCCCCC[C@H](NC(=O)[C@H](C)NC)C(=O)N1C[C@@H](NS(=O)(=O)c2ccccc2)C[C@H]1C(=O)N[C@@H]1CCCc2ccccc21)C(=O)N1C[C@@H](N)C[C@H]1C(=O)N[C@@H]1CCCc2ccccc21. The van der Waals surface area contributed by atoms with E-state index < -0.39 is 76.1 Å². The van der Waals surface area contributed by atoms with Crippen LogP contribution in [0.2, 0.25) is 0 Å². The highest BCUT2D eigenvalue weighted by atomic mass is 32.2. The predicted octanol–water partition coefficient (Wildman–Crippen LogP) is 2.78. The van der Waals surface area contributed by atoms with E-state index in [9.17, 15) is 37.2 Å². The minimum Gasteiger partial charge on any atom is -0.347 e. The van der Waals surface area contributed by atoms with Gasteiger partial charge in [-0.15, -0.1) is 0 Å². The zero-order chi connectivity index (χ0) is 52.2. The molecule has 0 radical (unpaired) electrons. The van der Waals surface area contributed by atoms with Crippen LogP contribution in [0.25, 0.3) is 0 Å². The van der Waals surface area contributed by atoms with E-state index >= 15 is 0 Å². The van der Waals surface area contributed by atoms with Crippen molar-refractivity contribution < 1.29 is 37.2 Å². The van der Waals surface area contributed by atoms with Gasteiger partial charge in [0.25, 0.3) is 0 Å². The summed E-state index contributed by atoms with van der Waals surface area (Å²) in [7, 11) is -0.715. The minimum atomic E-state index is -4.01. The van der Waals surface area contributed by atoms with E-state index in [4.69, 9.17) is 5.73 Å². The van der Waals surface area contributed by atoms with Crippen molar-refractivity contribution >= 4 is 45.5 Å². The number of fused-ring (bicyclic) bond motifs is 2. The average Bonchev–Trinajstić information content (AvgIpc) is 4.01. The summed E-state index contributed by atoms with van der Waals surface area (Å²) in [5.41, 5.74) is 10.9. The maximum absolute atomic E-state index is 14.8. The number of nitrogens with two attached hydrogens (primary N) is 1. The maximum atomic E-state index is 14.8. The van der Waals surface area contributed by atoms with Gasteiger partial charge in [0.2, 0.25) is 45.5 Å². The second-order valence-electron chi connectivity index (χ2n) is 20.3. The number of nitrogens with zero attached hydrogens (tertiary/aromatic N) is 2. The van der Waals surface area contributed by atoms with Crippen molar-refractivity contribution in [2.45, 2.75) is 169 Å². The van der Waals surface area contributed by atoms with Gasteiger partial charge in [-0.3, -0.25) is 28.8 Å². The molecule has 2 fully saturated rings. The Morgan fingerprint density at radius 2 is 1.07 bits per heavy atom. The van der Waals surface area contributed by atoms with E-state index in [0.717, 1.165) is 48.8 Å². The Labute approximate surface area is 430 Å². The van der Waals surface area contributed by atoms with Crippen molar-refractivity contribution in [3.63, 3.8) is 0 Å². The number of rotatable bonds is 22. The molecule has 18 nitrogen and oxygen atoms in total. The number of benzene rings is 3. The summed E-state index contributed by atoms with van der Waals surface area (Å²) >= 11 is 0. The molecule has 0 saturated carbocycles. The molecule has 0 bridgehead atoms. The largest absolute Gasteiger partial charge is 0.347 e. The number of carbonyl (C=O) groups is 6. The number of likely N-dealkylation sites (tertiary alicyclic amines) is 2. The topological polar surface area (TPSA) is 253 Å². The van der Waals surface area contributed by atoms with Gasteiger partial charge in [-0.2, -0.15) is 0 Å². The second-order valence-corrected chi connectivity index (χ2v) is 22.0. The highest BCUT2D eigenvalue weighted by Gasteiger charge is 2.45. The monoisotopic (exact) mass is 1020 g/mol. The Bertz CT molecular complexity index is 2530. The summed E-state index contributed by atoms with van der Waals surface area (Å²) < 4.78 is 29.9. The number of unbranched alkanes of at least 4 members (excludes halogenated alkanes) is 3. The number of aryl methyl sites for hydroxylation is 2. The fourth-order valence-electron chi connectivity index (χ4n) is 10.8. The van der Waals surface area contributed by atoms with E-state index in [1.807, 2.05) is 42.5 Å². The summed E-state index contributed by atoms with van der Waals surface area (Å²) in [6.45, 7) is 3.45. The molecule has 7 rings (SSSR count). The van der Waals surface area contributed by atoms with Crippen molar-refractivity contribution in [2.75, 3.05) is 27.2 Å². The predicted molar refractivity (Wildman–Crippen MR) is 278 cm³/mol. The van der Waals surface area contributed by atoms with Crippen LogP contribution in [0.15, 0.2) is 83.8 Å². The number of amides is 6. The van der Waals surface area contributed by atoms with Gasteiger partial charge in [0.15, 0.2) is 0 Å². The Hall–Kier alpha value is -5.73. The lowest BCUT2D eigenvalue weighted by Gasteiger charge is -2.32. The Kier molecular flexibility index (Phi) is 19.2. The summed E-state index contributed by atoms with van der Waals surface area (Å²) in [4.78, 5) is 87.4. The van der Waals surface area contributed by atoms with E-state index in [2.05, 4.69) is 42.7 Å². The molecule has 10 atom stereocenters. The molecule has 4 aliphatic rings. The Balaban J connectivity index is 1.02. The fraction of sp³-hybridized carbons (Fsp3) is 0.556. The lowest BCUT2D eigenvalue weighted by atomic mass is 9.87. The van der Waals surface area contributed by atoms with Crippen LogP contribution in [0.1, 0.15) is 125 Å². The normalized spacial score (nSPS) is 23.2. The molecular weight excluding hydrogens is 949 g/mol. The van der Waals surface area contributed by atoms with Gasteiger partial charge < -0.3 is 47.4 Å². The minimum absolute atomic E-state index is 0.0267. The lowest BCUT2D eigenvalue weighted by Crippen LogP contribution is -2.56. The zero-order valence-electron chi connectivity index (χ0n) is 42.7. The van der Waals surface area contributed by atoms with Crippen molar-refractivity contribution in [2.24, 2.45) is 5.73 Å². The molecule has 73 heavy (non-hydrogen) atoms. The van der Waals surface area contributed by atoms with Gasteiger partial charge in [-0.25, -0.2) is 13.1 Å². The van der Waals surface area contributed by atoms with Gasteiger partial charge in [0.1, 0.15) is 24.2 Å². The lowest BCUT2D eigenvalue weighted by molar-refractivity contribution is -0.142. The first kappa shape index (κ1) is 55.0. The molecule has 2 saturated heterocycles. The van der Waals surface area contributed by atoms with Crippen LogP contribution >= 0.6 is 0 Å². The molecule has 9 N–H and O–H groups in total. The first-order chi connectivity index (χ1) is 35.1. The number of hydrogen-bond donors (Lipinski definition) is 8. The number of hydrogen-bond acceptors (Lipinski definition) is 11. The van der Waals surface area contributed by atoms with E-state index in [-0.39, 0.29) is 67.1 Å². The van der Waals surface area contributed by atoms with Crippen LogP contribution in [0.3, 0.4) is 0 Å². The molecule has 3 aromatic carbocycles. The summed E-state index contributed by atoms with van der Waals surface area (Å²) in [6.07, 6.45) is 8.16. The third kappa shape index (κ3) is 13.9. The van der Waals surface area contributed by atoms with Gasteiger partial charge in [-0.05, 0) is 127 Å². The van der Waals surface area contributed by atoms with Crippen molar-refractivity contribution in [3.05, 3.63) is 101 Å². The van der Waals surface area contributed by atoms with Crippen molar-refractivity contribution in [1.29, 1.82) is 0 Å². The van der Waals surface area contributed by atoms with Crippen molar-refractivity contribution in [3.8, 4) is 0 Å². The summed E-state index contributed by atoms with van der Waals surface area (Å²) in [5, 5.41) is 18.1. The molecule has 6 amide bonds. The quantitative estimate of drug-likeness (QED) is 0.0680. The first-order valence-electron chi connectivity index (χ1n) is 26.2. The molecule has 0 aromatic heterocycles. The number of sulfonamides is 1. The fourth-order valence-corrected chi connectivity index (χ4v) is 12.1. The Morgan fingerprint density at radius 1 is 0.616 bits per heavy atom. The molecule has 3 aromatic rings. The number of likely N-dealkylation sites (N-methyl/N-ethyl adjacent to an activating group) is 2. The maximum Gasteiger partial charge on any atom is 0.245 e. The molecule has 2 aliphatic heterocycles. The highest BCUT2D eigenvalue weighted by Crippen LogP contribution is 2.32. The van der Waals surface area contributed by atoms with Crippen LogP contribution in [-0.4, -0.2) is 129 Å². The smallest absolute Gasteiger partial charge is 0.245 e. The standard InChI is InChI=1S/C54H76N10O8S/c1-34(56-3)49(65)60-45(53(69)63-32-38(55)30-47(63)51(67)58-43-28-16-20-36-18-12-14-24-41(36)43)26-10-5-6-11-27-46(61-50(66)35(2)57-4)54(70)64-33-39(62-73(71,72)40-22-8-7-9-23-40)31-48(64)52(68)59-44-29-17-21-37-19-13-15-25-42(37)44/h7-9,12-15,18-19,22-25,34-35,38-39,43-48,56-57,62H,5-6,10-11,16-17,20-21,26-33,55H2,1-4H3,(H,58,67)(H,59,68)(H,60,65)(H,61,66)/t34-,35-,38-,39-,43+,44+,45-,46-,47-,48-/m0/s1. The van der Waals surface area contributed by atoms with Crippen molar-refractivity contribution in [1.82, 2.24) is 46.4 Å². The van der Waals surface area contributed by atoms with Gasteiger partial charge in [-0.1, -0.05) is 92.4 Å². The van der Waals surface area contributed by atoms with E-state index in [1.165, 1.54) is 27.5 Å². The molecule has 0 spiro atoms. The molecule has 2 aliphatic carbocycles. The summed E-state index contributed by atoms with van der Waals surface area (Å²) in [6, 6.07) is 17.3. The summed E-state index contributed by atoms with van der Waals surface area (Å²) in [5.74, 6) is -2.30. The third-order valence-electron chi connectivity index (χ3n) is 15.2.